The summed E-state index contributed by atoms with van der Waals surface area (Å²) in [4.78, 5) is 45.3. The summed E-state index contributed by atoms with van der Waals surface area (Å²) in [6, 6.07) is 19.7. The summed E-state index contributed by atoms with van der Waals surface area (Å²) in [7, 11) is 0. The van der Waals surface area contributed by atoms with E-state index in [1.54, 1.807) is 0 Å². The summed E-state index contributed by atoms with van der Waals surface area (Å²) < 4.78 is 22.5. The van der Waals surface area contributed by atoms with Gasteiger partial charge in [-0.05, 0) is 88.2 Å². The number of ether oxygens (including phenoxy) is 4. The van der Waals surface area contributed by atoms with Gasteiger partial charge in [-0.25, -0.2) is 9.59 Å². The molecule has 0 aliphatic heterocycles. The average Bonchev–Trinajstić information content (AvgIpc) is 3.28. The molecular weight excluding hydrogens is 946 g/mol. The first-order chi connectivity index (χ1) is 31.2. The SMILES string of the molecule is CCCCCCC(CCCCCCCCCCC(=O)[O-])OC(=O)COCc1ccccc1.CCCCCCC(CCCCCCCCCCC(=O)[O-])OC(=O)COCc1ccccc1.[Ba+2]. The van der Waals surface area contributed by atoms with Gasteiger partial charge in [-0.3, -0.25) is 0 Å². The van der Waals surface area contributed by atoms with Crippen LogP contribution in [0.1, 0.15) is 218 Å². The molecule has 364 valence electrons. The van der Waals surface area contributed by atoms with Gasteiger partial charge in [0.05, 0.1) is 13.2 Å². The van der Waals surface area contributed by atoms with E-state index >= 15 is 0 Å². The third-order valence-corrected chi connectivity index (χ3v) is 11.3. The van der Waals surface area contributed by atoms with Crippen LogP contribution < -0.4 is 10.2 Å². The largest absolute Gasteiger partial charge is 2.00 e. The molecule has 11 heteroatoms. The van der Waals surface area contributed by atoms with E-state index in [2.05, 4.69) is 13.8 Å². The standard InChI is InChI=1S/2C27H44O5.Ba/c2*1-2-3-4-14-19-25(20-15-9-7-5-6-8-10-16-21-26(28)29)32-27(30)23-31-22-24-17-12-11-13-18-24;/h2*11-13,17-18,25H,2-10,14-16,19-23H2,1H3,(H,28,29);/q;;+2/p-2. The van der Waals surface area contributed by atoms with Crippen LogP contribution in [-0.4, -0.2) is 98.2 Å². The van der Waals surface area contributed by atoms with E-state index in [0.29, 0.717) is 13.2 Å². The summed E-state index contributed by atoms with van der Waals surface area (Å²) in [5.41, 5.74) is 2.10. The van der Waals surface area contributed by atoms with E-state index in [-0.39, 0.29) is 99.1 Å². The van der Waals surface area contributed by atoms with Crippen molar-refractivity contribution in [3.8, 4) is 0 Å². The second-order valence-electron chi connectivity index (χ2n) is 17.4. The maximum Gasteiger partial charge on any atom is 2.00 e. The zero-order valence-electron chi connectivity index (χ0n) is 40.8. The van der Waals surface area contributed by atoms with E-state index in [1.165, 1.54) is 64.2 Å². The second-order valence-corrected chi connectivity index (χ2v) is 17.4. The predicted octanol–water partition coefficient (Wildman–Crippen LogP) is 11.1. The molecule has 2 atom stereocenters. The number of esters is 2. The number of unbranched alkanes of at least 4 members (excludes halogenated alkanes) is 20. The Hall–Kier alpha value is -2.19. The summed E-state index contributed by atoms with van der Waals surface area (Å²) >= 11 is 0. The molecule has 0 radical (unpaired) electrons. The smallest absolute Gasteiger partial charge is 0.550 e. The van der Waals surface area contributed by atoms with Gasteiger partial charge in [0.2, 0.25) is 0 Å². The van der Waals surface area contributed by atoms with E-state index in [9.17, 15) is 29.4 Å². The molecule has 2 rings (SSSR count). The number of carboxylic acids is 2. The summed E-state index contributed by atoms with van der Waals surface area (Å²) in [5, 5.41) is 20.8. The van der Waals surface area contributed by atoms with Crippen molar-refractivity contribution in [3.05, 3.63) is 71.8 Å². The number of carboxylic acid groups (broad SMARTS) is 2. The molecular formula is C54H86BaO10. The van der Waals surface area contributed by atoms with Crippen molar-refractivity contribution in [2.75, 3.05) is 13.2 Å². The van der Waals surface area contributed by atoms with Crippen LogP contribution in [0, 0.1) is 0 Å². The third-order valence-electron chi connectivity index (χ3n) is 11.3. The first kappa shape index (κ1) is 62.8. The monoisotopic (exact) mass is 1030 g/mol. The van der Waals surface area contributed by atoms with Crippen LogP contribution in [0.3, 0.4) is 0 Å². The molecule has 0 aliphatic carbocycles. The van der Waals surface area contributed by atoms with Crippen LogP contribution in [0.2, 0.25) is 0 Å². The van der Waals surface area contributed by atoms with Crippen LogP contribution in [-0.2, 0) is 51.3 Å². The van der Waals surface area contributed by atoms with Gasteiger partial charge < -0.3 is 38.7 Å². The predicted molar refractivity (Wildman–Crippen MR) is 258 cm³/mol. The molecule has 0 amide bonds. The van der Waals surface area contributed by atoms with Gasteiger partial charge in [0, 0.05) is 11.9 Å². The molecule has 0 saturated carbocycles. The number of benzene rings is 2. The van der Waals surface area contributed by atoms with E-state index in [4.69, 9.17) is 18.9 Å². The number of carbonyl (C=O) groups is 4. The molecule has 2 aromatic carbocycles. The number of aliphatic carboxylic acids is 2. The second kappa shape index (κ2) is 46.9. The fourth-order valence-corrected chi connectivity index (χ4v) is 7.62. The maximum absolute atomic E-state index is 12.2. The van der Waals surface area contributed by atoms with Crippen LogP contribution in [0.15, 0.2) is 60.7 Å². The molecule has 0 fully saturated rings. The first-order valence-corrected chi connectivity index (χ1v) is 25.2. The van der Waals surface area contributed by atoms with Crippen molar-refractivity contribution in [1.29, 1.82) is 0 Å². The Balaban J connectivity index is 0.00000124. The molecule has 2 aromatic rings. The van der Waals surface area contributed by atoms with Crippen molar-refractivity contribution in [2.24, 2.45) is 0 Å². The molecule has 2 unspecified atom stereocenters. The van der Waals surface area contributed by atoms with Gasteiger partial charge in [-0.1, -0.05) is 190 Å². The van der Waals surface area contributed by atoms with Gasteiger partial charge in [0.25, 0.3) is 0 Å². The Labute approximate surface area is 434 Å². The zero-order chi connectivity index (χ0) is 46.6. The third kappa shape index (κ3) is 42.9. The molecule has 0 aliphatic rings. The fraction of sp³-hybridized carbons (Fsp3) is 0.704. The van der Waals surface area contributed by atoms with Gasteiger partial charge in [0.1, 0.15) is 25.4 Å². The first-order valence-electron chi connectivity index (χ1n) is 25.2. The van der Waals surface area contributed by atoms with Gasteiger partial charge in [0.15, 0.2) is 0 Å². The summed E-state index contributed by atoms with van der Waals surface area (Å²) in [6.45, 7) is 5.24. The van der Waals surface area contributed by atoms with Crippen molar-refractivity contribution in [3.63, 3.8) is 0 Å². The Morgan fingerprint density at radius 3 is 0.985 bits per heavy atom. The Kier molecular flexibility index (Phi) is 45.3. The number of rotatable bonds is 42. The molecule has 0 bridgehead atoms. The van der Waals surface area contributed by atoms with E-state index in [1.807, 2.05) is 60.7 Å². The molecule has 65 heavy (non-hydrogen) atoms. The van der Waals surface area contributed by atoms with Gasteiger partial charge in [-0.15, -0.1) is 0 Å². The molecule has 0 aromatic heterocycles. The topological polar surface area (TPSA) is 151 Å². The number of hydrogen-bond acceptors (Lipinski definition) is 10. The van der Waals surface area contributed by atoms with Crippen LogP contribution in [0.4, 0.5) is 0 Å². The zero-order valence-corrected chi connectivity index (χ0v) is 45.2. The summed E-state index contributed by atoms with van der Waals surface area (Å²) in [6.07, 6.45) is 30.5. The fourth-order valence-electron chi connectivity index (χ4n) is 7.62. The Morgan fingerprint density at radius 1 is 0.415 bits per heavy atom. The minimum Gasteiger partial charge on any atom is -0.550 e. The molecule has 0 spiro atoms. The van der Waals surface area contributed by atoms with Crippen LogP contribution >= 0.6 is 0 Å². The van der Waals surface area contributed by atoms with Crippen LogP contribution in [0.5, 0.6) is 0 Å². The quantitative estimate of drug-likeness (QED) is 0.0357. The minimum absolute atomic E-state index is 0. The van der Waals surface area contributed by atoms with Crippen molar-refractivity contribution in [2.45, 2.75) is 232 Å². The molecule has 0 heterocycles. The normalized spacial score (nSPS) is 11.7. The van der Waals surface area contributed by atoms with Crippen molar-refractivity contribution >= 4 is 72.8 Å². The Morgan fingerprint density at radius 2 is 0.692 bits per heavy atom. The Bertz CT molecular complexity index is 1290. The van der Waals surface area contributed by atoms with Gasteiger partial charge >= 0.3 is 60.8 Å². The van der Waals surface area contributed by atoms with Gasteiger partial charge in [-0.2, -0.15) is 0 Å². The van der Waals surface area contributed by atoms with Crippen LogP contribution in [0.25, 0.3) is 0 Å². The number of carbonyl (C=O) groups excluding carboxylic acids is 4. The molecule has 0 N–H and O–H groups in total. The van der Waals surface area contributed by atoms with E-state index < -0.39 is 11.9 Å². The average molecular weight is 1030 g/mol. The molecule has 0 saturated heterocycles. The maximum atomic E-state index is 12.2. The number of hydrogen-bond donors (Lipinski definition) is 0. The van der Waals surface area contributed by atoms with Crippen molar-refractivity contribution in [1.82, 2.24) is 0 Å². The summed E-state index contributed by atoms with van der Waals surface area (Å²) in [5.74, 6) is -2.42. The van der Waals surface area contributed by atoms with E-state index in [0.717, 1.165) is 127 Å². The minimum atomic E-state index is -0.947. The molecule has 10 nitrogen and oxygen atoms in total. The van der Waals surface area contributed by atoms with Crippen molar-refractivity contribution < 1.29 is 48.3 Å².